The van der Waals surface area contributed by atoms with E-state index >= 15 is 0 Å². The van der Waals surface area contributed by atoms with E-state index in [0.29, 0.717) is 18.2 Å². The van der Waals surface area contributed by atoms with Crippen molar-refractivity contribution in [3.05, 3.63) is 17.5 Å². The molecule has 1 atom stereocenters. The molecule has 1 aliphatic rings. The number of amides is 1. The molecular formula is C16H27N3O2. The van der Waals surface area contributed by atoms with Crippen LogP contribution in [0.2, 0.25) is 0 Å². The molecule has 21 heavy (non-hydrogen) atoms. The second kappa shape index (κ2) is 7.07. The van der Waals surface area contributed by atoms with Crippen LogP contribution in [0, 0.1) is 12.8 Å². The van der Waals surface area contributed by atoms with E-state index in [1.54, 1.807) is 6.20 Å². The number of aliphatic hydroxyl groups excluding tert-OH is 1. The van der Waals surface area contributed by atoms with E-state index in [1.165, 1.54) is 0 Å². The molecule has 1 saturated heterocycles. The molecule has 1 amide bonds. The van der Waals surface area contributed by atoms with E-state index in [-0.39, 0.29) is 18.4 Å². The van der Waals surface area contributed by atoms with Gasteiger partial charge in [-0.2, -0.15) is 5.10 Å². The fourth-order valence-corrected chi connectivity index (χ4v) is 3.20. The number of carbonyl (C=O) groups excluding carboxylic acids is 1. The number of aliphatic hydroxyl groups is 1. The molecule has 0 aromatic carbocycles. The molecule has 0 saturated carbocycles. The first-order chi connectivity index (χ1) is 10.1. The zero-order valence-corrected chi connectivity index (χ0v) is 13.4. The molecule has 1 aromatic rings. The van der Waals surface area contributed by atoms with Gasteiger partial charge in [-0.15, -0.1) is 0 Å². The van der Waals surface area contributed by atoms with Crippen molar-refractivity contribution in [2.24, 2.45) is 5.92 Å². The predicted molar refractivity (Wildman–Crippen MR) is 82.3 cm³/mol. The number of piperidine rings is 1. The maximum Gasteiger partial charge on any atom is 0.257 e. The second-order valence-corrected chi connectivity index (χ2v) is 6.00. The minimum atomic E-state index is 0.0582. The Bertz CT molecular complexity index is 480. The van der Waals surface area contributed by atoms with Crippen molar-refractivity contribution in [3.8, 4) is 0 Å². The van der Waals surface area contributed by atoms with Crippen molar-refractivity contribution >= 4 is 5.91 Å². The molecule has 1 aliphatic heterocycles. The van der Waals surface area contributed by atoms with Gasteiger partial charge < -0.3 is 10.0 Å². The van der Waals surface area contributed by atoms with Crippen molar-refractivity contribution in [2.45, 2.75) is 52.5 Å². The number of hydrogen-bond donors (Lipinski definition) is 1. The summed E-state index contributed by atoms with van der Waals surface area (Å²) >= 11 is 0. The molecule has 2 rings (SSSR count). The molecule has 0 radical (unpaired) electrons. The van der Waals surface area contributed by atoms with Crippen molar-refractivity contribution in [2.75, 3.05) is 19.7 Å². The first-order valence-corrected chi connectivity index (χ1v) is 8.06. The quantitative estimate of drug-likeness (QED) is 0.907. The molecule has 118 valence electrons. The Balaban J connectivity index is 2.16. The Hall–Kier alpha value is -1.36. The van der Waals surface area contributed by atoms with Crippen molar-refractivity contribution in [1.29, 1.82) is 0 Å². The van der Waals surface area contributed by atoms with Crippen LogP contribution in [0.1, 0.15) is 61.6 Å². The molecule has 5 nitrogen and oxygen atoms in total. The molecule has 1 unspecified atom stereocenters. The third kappa shape index (κ3) is 3.28. The van der Waals surface area contributed by atoms with Gasteiger partial charge in [0, 0.05) is 25.4 Å². The third-order valence-corrected chi connectivity index (χ3v) is 4.63. The highest BCUT2D eigenvalue weighted by Gasteiger charge is 2.27. The van der Waals surface area contributed by atoms with Crippen LogP contribution < -0.4 is 0 Å². The summed E-state index contributed by atoms with van der Waals surface area (Å²) in [5.41, 5.74) is 1.67. The number of hydrogen-bond acceptors (Lipinski definition) is 3. The van der Waals surface area contributed by atoms with Gasteiger partial charge in [0.05, 0.1) is 17.8 Å². The first-order valence-electron chi connectivity index (χ1n) is 8.06. The largest absolute Gasteiger partial charge is 0.396 e. The summed E-state index contributed by atoms with van der Waals surface area (Å²) in [6, 6.07) is 0.359. The fraction of sp³-hybridized carbons (Fsp3) is 0.750. The third-order valence-electron chi connectivity index (χ3n) is 4.63. The predicted octanol–water partition coefficient (Wildman–Crippen LogP) is 2.40. The lowest BCUT2D eigenvalue weighted by Crippen LogP contribution is -2.41. The van der Waals surface area contributed by atoms with Crippen molar-refractivity contribution < 1.29 is 9.90 Å². The normalized spacial score (nSPS) is 19.3. The highest BCUT2D eigenvalue weighted by atomic mass is 16.3. The lowest BCUT2D eigenvalue weighted by atomic mass is 9.98. The van der Waals surface area contributed by atoms with Crippen LogP contribution in [0.3, 0.4) is 0 Å². The van der Waals surface area contributed by atoms with Crippen molar-refractivity contribution in [1.82, 2.24) is 14.7 Å². The average Bonchev–Trinajstić information content (AvgIpc) is 2.90. The zero-order chi connectivity index (χ0) is 15.4. The van der Waals surface area contributed by atoms with Crippen LogP contribution in [0.5, 0.6) is 0 Å². The summed E-state index contributed by atoms with van der Waals surface area (Å²) in [6.45, 7) is 7.87. The minimum absolute atomic E-state index is 0.0582. The van der Waals surface area contributed by atoms with Gasteiger partial charge in [-0.1, -0.05) is 13.8 Å². The molecule has 5 heteroatoms. The van der Waals surface area contributed by atoms with Gasteiger partial charge in [0.2, 0.25) is 0 Å². The summed E-state index contributed by atoms with van der Waals surface area (Å²) in [7, 11) is 0. The van der Waals surface area contributed by atoms with Gasteiger partial charge >= 0.3 is 0 Å². The average molecular weight is 293 g/mol. The molecule has 0 aliphatic carbocycles. The molecule has 1 N–H and O–H groups in total. The van der Waals surface area contributed by atoms with E-state index in [0.717, 1.165) is 37.9 Å². The Morgan fingerprint density at radius 2 is 2.19 bits per heavy atom. The zero-order valence-electron chi connectivity index (χ0n) is 13.4. The Kier molecular flexibility index (Phi) is 5.39. The van der Waals surface area contributed by atoms with Crippen LogP contribution >= 0.6 is 0 Å². The summed E-state index contributed by atoms with van der Waals surface area (Å²) in [4.78, 5) is 14.6. The molecular weight excluding hydrogens is 266 g/mol. The fourth-order valence-electron chi connectivity index (χ4n) is 3.20. The van der Waals surface area contributed by atoms with Gasteiger partial charge in [0.15, 0.2) is 0 Å². The van der Waals surface area contributed by atoms with Gasteiger partial charge in [-0.05, 0) is 38.5 Å². The molecule has 1 aromatic heterocycles. The maximum absolute atomic E-state index is 12.7. The highest BCUT2D eigenvalue weighted by molar-refractivity contribution is 5.95. The van der Waals surface area contributed by atoms with Crippen molar-refractivity contribution in [3.63, 3.8) is 0 Å². The Morgan fingerprint density at radius 3 is 2.81 bits per heavy atom. The second-order valence-electron chi connectivity index (χ2n) is 6.00. The van der Waals surface area contributed by atoms with Gasteiger partial charge in [-0.25, -0.2) is 0 Å². The lowest BCUT2D eigenvalue weighted by molar-refractivity contribution is 0.0620. The SMILES string of the molecule is CCC(CC)n1ncc(C(=O)N2CCCC(CO)C2)c1C. The summed E-state index contributed by atoms with van der Waals surface area (Å²) < 4.78 is 1.99. The first kappa shape index (κ1) is 16.0. The smallest absolute Gasteiger partial charge is 0.257 e. The van der Waals surface area contributed by atoms with Crippen LogP contribution in [0.15, 0.2) is 6.20 Å². The lowest BCUT2D eigenvalue weighted by Gasteiger charge is -2.31. The molecule has 0 spiro atoms. The number of aromatic nitrogens is 2. The summed E-state index contributed by atoms with van der Waals surface area (Å²) in [5.74, 6) is 0.278. The monoisotopic (exact) mass is 293 g/mol. The molecule has 0 bridgehead atoms. The topological polar surface area (TPSA) is 58.4 Å². The van der Waals surface area contributed by atoms with E-state index in [4.69, 9.17) is 0 Å². The van der Waals surface area contributed by atoms with E-state index in [9.17, 15) is 9.90 Å². The highest BCUT2D eigenvalue weighted by Crippen LogP contribution is 2.22. The molecule has 2 heterocycles. The van der Waals surface area contributed by atoms with Crippen LogP contribution in [-0.4, -0.2) is 45.4 Å². The van der Waals surface area contributed by atoms with E-state index < -0.39 is 0 Å². The van der Waals surface area contributed by atoms with Gasteiger partial charge in [-0.3, -0.25) is 9.48 Å². The van der Waals surface area contributed by atoms with E-state index in [1.807, 2.05) is 16.5 Å². The van der Waals surface area contributed by atoms with Crippen LogP contribution in [-0.2, 0) is 0 Å². The van der Waals surface area contributed by atoms with Gasteiger partial charge in [0.1, 0.15) is 0 Å². The standard InChI is InChI=1S/C16H27N3O2/c1-4-14(5-2)19-12(3)15(9-17-19)16(21)18-8-6-7-13(10-18)11-20/h9,13-14,20H,4-8,10-11H2,1-3H3. The number of nitrogens with zero attached hydrogens (tertiary/aromatic N) is 3. The maximum atomic E-state index is 12.7. The minimum Gasteiger partial charge on any atom is -0.396 e. The number of likely N-dealkylation sites (tertiary alicyclic amines) is 1. The Labute approximate surface area is 126 Å². The number of carbonyl (C=O) groups is 1. The van der Waals surface area contributed by atoms with Crippen LogP contribution in [0.4, 0.5) is 0 Å². The summed E-state index contributed by atoms with van der Waals surface area (Å²) in [6.07, 6.45) is 5.72. The number of rotatable bonds is 5. The van der Waals surface area contributed by atoms with E-state index in [2.05, 4.69) is 18.9 Å². The summed E-state index contributed by atoms with van der Waals surface area (Å²) in [5, 5.41) is 13.7. The van der Waals surface area contributed by atoms with Crippen LogP contribution in [0.25, 0.3) is 0 Å². The molecule has 1 fully saturated rings. The Morgan fingerprint density at radius 1 is 1.48 bits per heavy atom. The van der Waals surface area contributed by atoms with Gasteiger partial charge in [0.25, 0.3) is 5.91 Å².